The van der Waals surface area contributed by atoms with Gasteiger partial charge < -0.3 is 25.2 Å². The third-order valence-corrected chi connectivity index (χ3v) is 5.66. The van der Waals surface area contributed by atoms with Crippen LogP contribution < -0.4 is 15.5 Å². The molecule has 1 fully saturated rings. The monoisotopic (exact) mass is 552 g/mol. The number of hydrogen-bond donors (Lipinski definition) is 2. The summed E-state index contributed by atoms with van der Waals surface area (Å²) in [6.07, 6.45) is 2.95. The average molecular weight is 553 g/mol. The highest BCUT2D eigenvalue weighted by atomic mass is 127. The first-order valence-electron chi connectivity index (χ1n) is 10.2. The average Bonchev–Trinajstić information content (AvgIpc) is 3.13. The zero-order chi connectivity index (χ0) is 21.4. The zero-order valence-electron chi connectivity index (χ0n) is 19.0. The molecule has 1 aliphatic rings. The molecule has 0 aliphatic carbocycles. The summed E-state index contributed by atoms with van der Waals surface area (Å²) < 4.78 is 5.51. The van der Waals surface area contributed by atoms with Crippen molar-refractivity contribution in [2.24, 2.45) is 10.9 Å². The van der Waals surface area contributed by atoms with E-state index >= 15 is 0 Å². The van der Waals surface area contributed by atoms with Crippen LogP contribution in [0.1, 0.15) is 45.7 Å². The summed E-state index contributed by atoms with van der Waals surface area (Å²) in [5, 5.41) is 9.73. The van der Waals surface area contributed by atoms with E-state index in [1.54, 1.807) is 18.4 Å². The quantitative estimate of drug-likeness (QED) is 0.319. The van der Waals surface area contributed by atoms with Gasteiger partial charge in [-0.1, -0.05) is 0 Å². The number of carbonyl (C=O) groups is 1. The fraction of sp³-hybridized carbons (Fsp3) is 0.750. The molecule has 0 aromatic carbocycles. The van der Waals surface area contributed by atoms with Crippen molar-refractivity contribution >= 4 is 52.5 Å². The summed E-state index contributed by atoms with van der Waals surface area (Å²) in [5.74, 6) is 1.24. The van der Waals surface area contributed by atoms with E-state index in [1.807, 2.05) is 44.7 Å². The number of ether oxygens (including phenoxy) is 1. The number of halogens is 1. The Morgan fingerprint density at radius 2 is 2.13 bits per heavy atom. The first-order chi connectivity index (χ1) is 13.7. The molecule has 30 heavy (non-hydrogen) atoms. The predicted molar refractivity (Wildman–Crippen MR) is 135 cm³/mol. The minimum Gasteiger partial charge on any atom is -0.444 e. The van der Waals surface area contributed by atoms with Gasteiger partial charge in [-0.05, 0) is 46.0 Å². The van der Waals surface area contributed by atoms with Gasteiger partial charge >= 0.3 is 6.09 Å². The van der Waals surface area contributed by atoms with E-state index < -0.39 is 5.60 Å². The van der Waals surface area contributed by atoms with Crippen molar-refractivity contribution in [2.45, 2.75) is 52.2 Å². The molecule has 0 radical (unpaired) electrons. The second kappa shape index (κ2) is 12.5. The second-order valence-electron chi connectivity index (χ2n) is 8.59. The van der Waals surface area contributed by atoms with E-state index in [2.05, 4.69) is 26.0 Å². The minimum absolute atomic E-state index is 0. The molecular weight excluding hydrogens is 515 g/mol. The summed E-state index contributed by atoms with van der Waals surface area (Å²) in [6.45, 7) is 8.71. The Kier molecular flexibility index (Phi) is 11.2. The SMILES string of the molecule is CN=C(NCCC1CCCN(C(=O)OC(C)(C)C)C1)NCc1csc(N(C)C)n1.I. The maximum Gasteiger partial charge on any atom is 0.410 e. The van der Waals surface area contributed by atoms with Crippen molar-refractivity contribution in [2.75, 3.05) is 45.7 Å². The van der Waals surface area contributed by atoms with E-state index in [-0.39, 0.29) is 30.1 Å². The van der Waals surface area contributed by atoms with Gasteiger partial charge in [0.2, 0.25) is 0 Å². The molecule has 2 heterocycles. The van der Waals surface area contributed by atoms with E-state index in [1.165, 1.54) is 0 Å². The Hall–Kier alpha value is -1.30. The number of aromatic nitrogens is 1. The van der Waals surface area contributed by atoms with Crippen molar-refractivity contribution in [3.63, 3.8) is 0 Å². The Balaban J connectivity index is 0.00000450. The fourth-order valence-corrected chi connectivity index (χ4v) is 3.92. The predicted octanol–water partition coefficient (Wildman–Crippen LogP) is 3.53. The van der Waals surface area contributed by atoms with E-state index in [0.717, 1.165) is 55.7 Å². The summed E-state index contributed by atoms with van der Waals surface area (Å²) in [5.41, 5.74) is 0.552. The van der Waals surface area contributed by atoms with Crippen LogP contribution in [-0.2, 0) is 11.3 Å². The number of nitrogens with one attached hydrogen (secondary N) is 2. The van der Waals surface area contributed by atoms with Crippen LogP contribution in [0.25, 0.3) is 0 Å². The number of anilines is 1. The number of hydrogen-bond acceptors (Lipinski definition) is 6. The molecule has 0 spiro atoms. The summed E-state index contributed by atoms with van der Waals surface area (Å²) >= 11 is 1.63. The summed E-state index contributed by atoms with van der Waals surface area (Å²) in [6, 6.07) is 0. The highest BCUT2D eigenvalue weighted by Gasteiger charge is 2.27. The number of likely N-dealkylation sites (tertiary alicyclic amines) is 1. The Morgan fingerprint density at radius 3 is 2.73 bits per heavy atom. The molecule has 172 valence electrons. The lowest BCUT2D eigenvalue weighted by atomic mass is 9.95. The molecule has 0 saturated carbocycles. The Labute approximate surface area is 201 Å². The topological polar surface area (TPSA) is 82.1 Å². The van der Waals surface area contributed by atoms with Gasteiger partial charge in [0.05, 0.1) is 12.2 Å². The molecule has 1 aromatic heterocycles. The number of amides is 1. The zero-order valence-corrected chi connectivity index (χ0v) is 22.2. The summed E-state index contributed by atoms with van der Waals surface area (Å²) in [7, 11) is 5.75. The highest BCUT2D eigenvalue weighted by Crippen LogP contribution is 2.21. The van der Waals surface area contributed by atoms with Crippen molar-refractivity contribution in [1.82, 2.24) is 20.5 Å². The van der Waals surface area contributed by atoms with Crippen LogP contribution in [-0.4, -0.2) is 68.3 Å². The lowest BCUT2D eigenvalue weighted by molar-refractivity contribution is 0.0162. The maximum atomic E-state index is 12.3. The molecule has 0 bridgehead atoms. The number of thiazole rings is 1. The van der Waals surface area contributed by atoms with Crippen LogP contribution in [0.4, 0.5) is 9.93 Å². The Morgan fingerprint density at radius 1 is 1.40 bits per heavy atom. The molecule has 1 saturated heterocycles. The number of rotatable bonds is 6. The molecule has 8 nitrogen and oxygen atoms in total. The van der Waals surface area contributed by atoms with Gasteiger partial charge in [-0.15, -0.1) is 35.3 Å². The third kappa shape index (κ3) is 9.23. The normalized spacial score (nSPS) is 17.2. The smallest absolute Gasteiger partial charge is 0.410 e. The van der Waals surface area contributed by atoms with Crippen LogP contribution >= 0.6 is 35.3 Å². The second-order valence-corrected chi connectivity index (χ2v) is 9.43. The van der Waals surface area contributed by atoms with Crippen LogP contribution in [0.15, 0.2) is 10.4 Å². The maximum absolute atomic E-state index is 12.3. The Bertz CT molecular complexity index is 689. The molecule has 2 rings (SSSR count). The number of piperidine rings is 1. The van der Waals surface area contributed by atoms with Crippen molar-refractivity contribution in [1.29, 1.82) is 0 Å². The molecule has 2 N–H and O–H groups in total. The first kappa shape index (κ1) is 26.7. The number of nitrogens with zero attached hydrogens (tertiary/aromatic N) is 4. The van der Waals surface area contributed by atoms with Crippen molar-refractivity contribution in [3.8, 4) is 0 Å². The minimum atomic E-state index is -0.450. The summed E-state index contributed by atoms with van der Waals surface area (Å²) in [4.78, 5) is 25.0. The van der Waals surface area contributed by atoms with E-state index in [9.17, 15) is 4.79 Å². The van der Waals surface area contributed by atoms with E-state index in [0.29, 0.717) is 12.5 Å². The highest BCUT2D eigenvalue weighted by molar-refractivity contribution is 14.0. The number of carbonyl (C=O) groups excluding carboxylic acids is 1. The molecule has 1 unspecified atom stereocenters. The van der Waals surface area contributed by atoms with Gasteiger partial charge in [-0.2, -0.15) is 0 Å². The first-order valence-corrected chi connectivity index (χ1v) is 11.1. The van der Waals surface area contributed by atoms with Crippen LogP contribution in [0.3, 0.4) is 0 Å². The molecule has 1 aliphatic heterocycles. The standard InChI is InChI=1S/C20H36N6O2S.HI/c1-20(2,3)28-19(27)26-11-7-8-15(13-26)9-10-22-17(21-4)23-12-16-14-29-18(24-16)25(5)6;/h14-15H,7-13H2,1-6H3,(H2,21,22,23);1H. The molecular formula is C20H37IN6O2S. The largest absolute Gasteiger partial charge is 0.444 e. The number of aliphatic imine (C=N–C) groups is 1. The lowest BCUT2D eigenvalue weighted by Gasteiger charge is -2.34. The van der Waals surface area contributed by atoms with Gasteiger partial charge in [0.25, 0.3) is 0 Å². The fourth-order valence-electron chi connectivity index (χ4n) is 3.17. The molecule has 1 amide bonds. The van der Waals surface area contributed by atoms with E-state index in [4.69, 9.17) is 4.74 Å². The number of guanidine groups is 1. The van der Waals surface area contributed by atoms with Crippen molar-refractivity contribution in [3.05, 3.63) is 11.1 Å². The van der Waals surface area contributed by atoms with Crippen LogP contribution in [0.2, 0.25) is 0 Å². The molecule has 10 heteroatoms. The van der Waals surface area contributed by atoms with Crippen molar-refractivity contribution < 1.29 is 9.53 Å². The van der Waals surface area contributed by atoms with Gasteiger partial charge in [-0.25, -0.2) is 9.78 Å². The van der Waals surface area contributed by atoms with Gasteiger partial charge in [0.15, 0.2) is 11.1 Å². The van der Waals surface area contributed by atoms with Gasteiger partial charge in [0.1, 0.15) is 5.60 Å². The van der Waals surface area contributed by atoms with Gasteiger partial charge in [0, 0.05) is 46.2 Å². The van der Waals surface area contributed by atoms with Crippen LogP contribution in [0, 0.1) is 5.92 Å². The van der Waals surface area contributed by atoms with Crippen LogP contribution in [0.5, 0.6) is 0 Å². The molecule has 1 atom stereocenters. The lowest BCUT2D eigenvalue weighted by Crippen LogP contribution is -2.44. The molecule has 1 aromatic rings. The third-order valence-electron chi connectivity index (χ3n) is 4.60. The van der Waals surface area contributed by atoms with Gasteiger partial charge in [-0.3, -0.25) is 4.99 Å².